The molecule has 1 N–H and O–H groups in total. The maximum absolute atomic E-state index is 14.7. The number of anilines is 2. The van der Waals surface area contributed by atoms with Gasteiger partial charge in [0.05, 0.1) is 22.6 Å². The van der Waals surface area contributed by atoms with E-state index in [0.717, 1.165) is 22.2 Å². The van der Waals surface area contributed by atoms with E-state index in [9.17, 15) is 8.78 Å². The number of nitrogens with zero attached hydrogens (tertiary/aromatic N) is 4. The maximum Gasteiger partial charge on any atom is 0.147 e. The fraction of sp³-hybridized carbons (Fsp3) is 0.0455. The van der Waals surface area contributed by atoms with Crippen LogP contribution >= 0.6 is 12.4 Å². The van der Waals surface area contributed by atoms with E-state index in [-0.39, 0.29) is 18.2 Å². The zero-order valence-corrected chi connectivity index (χ0v) is 16.4. The Hall–Kier alpha value is -3.58. The number of hydrogen-bond donors (Lipinski definition) is 1. The SMILES string of the molecule is Cl.Fc1cccc(CN(c2ccc3[nH]ncc3c2)c2ncnc3cccc(F)c23)c1. The Morgan fingerprint density at radius 3 is 2.67 bits per heavy atom. The summed E-state index contributed by atoms with van der Waals surface area (Å²) in [5.41, 5.74) is 2.91. The lowest BCUT2D eigenvalue weighted by molar-refractivity contribution is 0.625. The molecule has 2 heterocycles. The molecule has 3 aromatic carbocycles. The zero-order chi connectivity index (χ0) is 19.8. The van der Waals surface area contributed by atoms with Gasteiger partial charge in [-0.1, -0.05) is 18.2 Å². The molecule has 0 radical (unpaired) electrons. The normalized spacial score (nSPS) is 10.9. The van der Waals surface area contributed by atoms with Gasteiger partial charge in [-0.15, -0.1) is 12.4 Å². The van der Waals surface area contributed by atoms with E-state index < -0.39 is 5.82 Å². The zero-order valence-electron chi connectivity index (χ0n) is 15.6. The van der Waals surface area contributed by atoms with Gasteiger partial charge in [-0.25, -0.2) is 18.7 Å². The lowest BCUT2D eigenvalue weighted by Gasteiger charge is -2.25. The van der Waals surface area contributed by atoms with Crippen LogP contribution in [-0.4, -0.2) is 20.2 Å². The van der Waals surface area contributed by atoms with Gasteiger partial charge in [0.2, 0.25) is 0 Å². The summed E-state index contributed by atoms with van der Waals surface area (Å²) < 4.78 is 28.5. The van der Waals surface area contributed by atoms with Gasteiger partial charge in [-0.3, -0.25) is 5.10 Å². The van der Waals surface area contributed by atoms with Gasteiger partial charge in [0.25, 0.3) is 0 Å². The van der Waals surface area contributed by atoms with Crippen LogP contribution in [0.25, 0.3) is 21.8 Å². The number of benzene rings is 3. The second kappa shape index (κ2) is 8.04. The molecule has 30 heavy (non-hydrogen) atoms. The van der Waals surface area contributed by atoms with E-state index >= 15 is 0 Å². The average molecular weight is 424 g/mol. The minimum absolute atomic E-state index is 0. The molecule has 8 heteroatoms. The van der Waals surface area contributed by atoms with E-state index in [0.29, 0.717) is 23.3 Å². The summed E-state index contributed by atoms with van der Waals surface area (Å²) in [6.45, 7) is 0.307. The molecule has 0 aliphatic carbocycles. The summed E-state index contributed by atoms with van der Waals surface area (Å²) in [6, 6.07) is 16.8. The van der Waals surface area contributed by atoms with Crippen LogP contribution in [0.2, 0.25) is 0 Å². The first-order chi connectivity index (χ1) is 14.2. The second-order valence-electron chi connectivity index (χ2n) is 6.69. The number of aromatic nitrogens is 4. The number of fused-ring (bicyclic) bond motifs is 2. The maximum atomic E-state index is 14.7. The fourth-order valence-electron chi connectivity index (χ4n) is 3.46. The van der Waals surface area contributed by atoms with Crippen molar-refractivity contribution < 1.29 is 8.78 Å². The third-order valence-electron chi connectivity index (χ3n) is 4.81. The van der Waals surface area contributed by atoms with Crippen LogP contribution in [0.3, 0.4) is 0 Å². The summed E-state index contributed by atoms with van der Waals surface area (Å²) in [5, 5.41) is 8.20. The fourth-order valence-corrected chi connectivity index (χ4v) is 3.46. The van der Waals surface area contributed by atoms with Gasteiger partial charge < -0.3 is 4.90 Å². The summed E-state index contributed by atoms with van der Waals surface area (Å²) in [5.74, 6) is -0.321. The average Bonchev–Trinajstić information content (AvgIpc) is 3.20. The molecule has 150 valence electrons. The molecule has 0 aliphatic heterocycles. The lowest BCUT2D eigenvalue weighted by atomic mass is 10.1. The second-order valence-corrected chi connectivity index (χ2v) is 6.69. The quantitative estimate of drug-likeness (QED) is 0.412. The van der Waals surface area contributed by atoms with Gasteiger partial charge in [0.1, 0.15) is 23.8 Å². The van der Waals surface area contributed by atoms with Crippen LogP contribution in [0.15, 0.2) is 73.2 Å². The molecular formula is C22H16ClF2N5. The van der Waals surface area contributed by atoms with Gasteiger partial charge in [0, 0.05) is 17.6 Å². The van der Waals surface area contributed by atoms with Crippen LogP contribution < -0.4 is 4.90 Å². The van der Waals surface area contributed by atoms with Crippen LogP contribution in [0.4, 0.5) is 20.3 Å². The predicted octanol–water partition coefficient (Wildman–Crippen LogP) is 5.54. The van der Waals surface area contributed by atoms with Crippen LogP contribution in [0.1, 0.15) is 5.56 Å². The van der Waals surface area contributed by atoms with Crippen molar-refractivity contribution in [3.8, 4) is 0 Å². The Labute approximate surface area is 176 Å². The van der Waals surface area contributed by atoms with Crippen molar-refractivity contribution in [2.75, 3.05) is 4.90 Å². The first kappa shape index (κ1) is 19.7. The van der Waals surface area contributed by atoms with E-state index in [1.807, 2.05) is 29.2 Å². The number of halogens is 3. The van der Waals surface area contributed by atoms with Crippen LogP contribution in [0.5, 0.6) is 0 Å². The molecule has 0 saturated carbocycles. The van der Waals surface area contributed by atoms with Crippen molar-refractivity contribution in [2.24, 2.45) is 0 Å². The van der Waals surface area contributed by atoms with Crippen molar-refractivity contribution >= 4 is 45.7 Å². The molecule has 0 fully saturated rings. The lowest BCUT2D eigenvalue weighted by Crippen LogP contribution is -2.18. The molecule has 5 nitrogen and oxygen atoms in total. The molecule has 5 rings (SSSR count). The molecule has 0 atom stereocenters. The number of rotatable bonds is 4. The van der Waals surface area contributed by atoms with Crippen molar-refractivity contribution in [3.63, 3.8) is 0 Å². The van der Waals surface area contributed by atoms with Gasteiger partial charge >= 0.3 is 0 Å². The van der Waals surface area contributed by atoms with Crippen LogP contribution in [0, 0.1) is 11.6 Å². The third kappa shape index (κ3) is 3.55. The summed E-state index contributed by atoms with van der Waals surface area (Å²) in [4.78, 5) is 10.4. The van der Waals surface area contributed by atoms with Gasteiger partial charge in [-0.05, 0) is 48.0 Å². The van der Waals surface area contributed by atoms with Crippen molar-refractivity contribution in [3.05, 3.63) is 90.4 Å². The molecule has 0 saturated heterocycles. The van der Waals surface area contributed by atoms with Crippen molar-refractivity contribution in [1.29, 1.82) is 0 Å². The Morgan fingerprint density at radius 2 is 1.80 bits per heavy atom. The minimum atomic E-state index is -0.410. The molecule has 0 unspecified atom stereocenters. The topological polar surface area (TPSA) is 57.7 Å². The number of H-pyrrole nitrogens is 1. The molecular weight excluding hydrogens is 408 g/mol. The molecule has 0 spiro atoms. The molecule has 0 amide bonds. The molecule has 0 bridgehead atoms. The Kier molecular flexibility index (Phi) is 5.29. The first-order valence-corrected chi connectivity index (χ1v) is 9.03. The van der Waals surface area contributed by atoms with Crippen molar-refractivity contribution in [2.45, 2.75) is 6.54 Å². The predicted molar refractivity (Wildman–Crippen MR) is 115 cm³/mol. The highest BCUT2D eigenvalue weighted by Gasteiger charge is 2.18. The van der Waals surface area contributed by atoms with Crippen molar-refractivity contribution in [1.82, 2.24) is 20.2 Å². The van der Waals surface area contributed by atoms with E-state index in [1.165, 1.54) is 24.5 Å². The van der Waals surface area contributed by atoms with Gasteiger partial charge in [-0.2, -0.15) is 5.10 Å². The van der Waals surface area contributed by atoms with Gasteiger partial charge in [0.15, 0.2) is 0 Å². The first-order valence-electron chi connectivity index (χ1n) is 9.03. The third-order valence-corrected chi connectivity index (χ3v) is 4.81. The molecule has 2 aromatic heterocycles. The summed E-state index contributed by atoms with van der Waals surface area (Å²) in [7, 11) is 0. The highest BCUT2D eigenvalue weighted by Crippen LogP contribution is 2.34. The number of nitrogens with one attached hydrogen (secondary N) is 1. The largest absolute Gasteiger partial charge is 0.321 e. The highest BCUT2D eigenvalue weighted by molar-refractivity contribution is 5.93. The number of aromatic amines is 1. The van der Waals surface area contributed by atoms with E-state index in [1.54, 1.807) is 24.4 Å². The Morgan fingerprint density at radius 1 is 0.933 bits per heavy atom. The summed E-state index contributed by atoms with van der Waals surface area (Å²) >= 11 is 0. The minimum Gasteiger partial charge on any atom is -0.321 e. The highest BCUT2D eigenvalue weighted by atomic mass is 35.5. The smallest absolute Gasteiger partial charge is 0.147 e. The molecule has 0 aliphatic rings. The standard InChI is InChI=1S/C22H15F2N5.ClH/c23-16-4-1-3-14(9-16)12-29(17-7-8-19-15(10-17)11-27-28-19)22-21-18(24)5-2-6-20(21)25-13-26-22;/h1-11,13H,12H2,(H,27,28);1H. The Bertz CT molecular complexity index is 1330. The number of hydrogen-bond acceptors (Lipinski definition) is 4. The molecule has 5 aromatic rings. The van der Waals surface area contributed by atoms with E-state index in [4.69, 9.17) is 0 Å². The Balaban J connectivity index is 0.00000218. The summed E-state index contributed by atoms with van der Waals surface area (Å²) in [6.07, 6.45) is 3.13. The van der Waals surface area contributed by atoms with E-state index in [2.05, 4.69) is 20.2 Å². The van der Waals surface area contributed by atoms with Crippen LogP contribution in [-0.2, 0) is 6.54 Å². The monoisotopic (exact) mass is 423 g/mol.